The van der Waals surface area contributed by atoms with E-state index >= 15 is 0 Å². The van der Waals surface area contributed by atoms with E-state index in [1.165, 1.54) is 4.90 Å². The Morgan fingerprint density at radius 1 is 1.05 bits per heavy atom. The Balaban J connectivity index is 2.08. The highest BCUT2D eigenvalue weighted by atomic mass is 35.5. The summed E-state index contributed by atoms with van der Waals surface area (Å²) in [6.07, 6.45) is 0. The molecule has 0 aliphatic carbocycles. The van der Waals surface area contributed by atoms with Crippen LogP contribution in [-0.2, 0) is 4.79 Å². The summed E-state index contributed by atoms with van der Waals surface area (Å²) < 4.78 is 0. The van der Waals surface area contributed by atoms with Crippen molar-refractivity contribution in [2.24, 2.45) is 0 Å². The lowest BCUT2D eigenvalue weighted by atomic mass is 10.1. The van der Waals surface area contributed by atoms with Gasteiger partial charge in [0.25, 0.3) is 11.7 Å². The first-order valence-electron chi connectivity index (χ1n) is 6.32. The molecule has 3 nitrogen and oxygen atoms in total. The third-order valence-electron chi connectivity index (χ3n) is 3.55. The van der Waals surface area contributed by atoms with Crippen molar-refractivity contribution in [3.8, 4) is 0 Å². The summed E-state index contributed by atoms with van der Waals surface area (Å²) in [5, 5.41) is 0.458. The zero-order chi connectivity index (χ0) is 14.3. The Kier molecular flexibility index (Phi) is 3.07. The smallest absolute Gasteiger partial charge is 0.298 e. The lowest BCUT2D eigenvalue weighted by molar-refractivity contribution is -0.114. The second kappa shape index (κ2) is 4.76. The highest BCUT2D eigenvalue weighted by Gasteiger charge is 2.38. The number of ketones is 1. The van der Waals surface area contributed by atoms with Crippen LogP contribution in [0.15, 0.2) is 48.5 Å². The fraction of sp³-hybridized carbons (Fsp3) is 0.125. The molecule has 0 fully saturated rings. The van der Waals surface area contributed by atoms with Gasteiger partial charge < -0.3 is 0 Å². The molecule has 0 saturated carbocycles. The number of hydrogen-bond donors (Lipinski definition) is 0. The van der Waals surface area contributed by atoms with E-state index in [1.807, 2.05) is 37.3 Å². The van der Waals surface area contributed by atoms with E-state index in [0.29, 0.717) is 16.3 Å². The van der Waals surface area contributed by atoms with Crippen molar-refractivity contribution in [1.29, 1.82) is 0 Å². The van der Waals surface area contributed by atoms with Crippen molar-refractivity contribution >= 4 is 29.0 Å². The molecule has 2 aromatic carbocycles. The normalized spacial score (nSPS) is 15.4. The molecule has 1 amide bonds. The summed E-state index contributed by atoms with van der Waals surface area (Å²) >= 11 is 5.90. The standard InChI is InChI=1S/C16H12ClNO2/c1-10(11-5-3-2-4-6-11)18-14-8-7-12(17)9-13(14)15(19)16(18)20/h2-10H,1H3. The molecule has 0 saturated heterocycles. The molecular formula is C16H12ClNO2. The maximum absolute atomic E-state index is 12.2. The average molecular weight is 286 g/mol. The summed E-state index contributed by atoms with van der Waals surface area (Å²) in [6.45, 7) is 1.91. The molecule has 4 heteroatoms. The second-order valence-electron chi connectivity index (χ2n) is 4.75. The number of rotatable bonds is 2. The molecule has 1 unspecified atom stereocenters. The molecule has 20 heavy (non-hydrogen) atoms. The zero-order valence-corrected chi connectivity index (χ0v) is 11.6. The first-order chi connectivity index (χ1) is 9.59. The van der Waals surface area contributed by atoms with Crippen LogP contribution >= 0.6 is 11.6 Å². The summed E-state index contributed by atoms with van der Waals surface area (Å²) in [7, 11) is 0. The molecule has 1 heterocycles. The number of amides is 1. The summed E-state index contributed by atoms with van der Waals surface area (Å²) in [5.74, 6) is -0.996. The van der Waals surface area contributed by atoms with Gasteiger partial charge in [0.05, 0.1) is 17.3 Å². The van der Waals surface area contributed by atoms with E-state index < -0.39 is 11.7 Å². The van der Waals surface area contributed by atoms with E-state index in [4.69, 9.17) is 11.6 Å². The predicted molar refractivity (Wildman–Crippen MR) is 78.1 cm³/mol. The Hall–Kier alpha value is -2.13. The van der Waals surface area contributed by atoms with E-state index in [9.17, 15) is 9.59 Å². The molecule has 1 aliphatic heterocycles. The van der Waals surface area contributed by atoms with Crippen molar-refractivity contribution in [2.75, 3.05) is 4.90 Å². The van der Waals surface area contributed by atoms with E-state index in [0.717, 1.165) is 5.56 Å². The van der Waals surface area contributed by atoms with Gasteiger partial charge in [0.1, 0.15) is 0 Å². The summed E-state index contributed by atoms with van der Waals surface area (Å²) in [4.78, 5) is 25.8. The van der Waals surface area contributed by atoms with Crippen LogP contribution in [0.1, 0.15) is 28.9 Å². The average Bonchev–Trinajstić information content (AvgIpc) is 2.71. The highest BCUT2D eigenvalue weighted by molar-refractivity contribution is 6.52. The summed E-state index contributed by atoms with van der Waals surface area (Å²) in [6, 6.07) is 14.4. The van der Waals surface area contributed by atoms with Crippen LogP contribution in [0.5, 0.6) is 0 Å². The molecule has 3 rings (SSSR count). The lowest BCUT2D eigenvalue weighted by Gasteiger charge is -2.25. The number of nitrogens with zero attached hydrogens (tertiary/aromatic N) is 1. The maximum Gasteiger partial charge on any atom is 0.300 e. The molecule has 1 atom stereocenters. The minimum absolute atomic E-state index is 0.199. The van der Waals surface area contributed by atoms with Gasteiger partial charge in [0.2, 0.25) is 0 Å². The van der Waals surface area contributed by atoms with Crippen molar-refractivity contribution < 1.29 is 9.59 Å². The molecule has 0 aromatic heterocycles. The largest absolute Gasteiger partial charge is 0.300 e. The number of halogens is 1. The van der Waals surface area contributed by atoms with Crippen LogP contribution in [0.4, 0.5) is 5.69 Å². The predicted octanol–water partition coefficient (Wildman–Crippen LogP) is 3.63. The van der Waals surface area contributed by atoms with Crippen LogP contribution in [0.25, 0.3) is 0 Å². The van der Waals surface area contributed by atoms with Gasteiger partial charge in [-0.05, 0) is 30.7 Å². The summed E-state index contributed by atoms with van der Waals surface area (Å²) in [5.41, 5.74) is 1.99. The zero-order valence-electron chi connectivity index (χ0n) is 10.8. The number of carbonyl (C=O) groups is 2. The number of hydrogen-bond acceptors (Lipinski definition) is 2. The van der Waals surface area contributed by atoms with Gasteiger partial charge in [-0.3, -0.25) is 14.5 Å². The van der Waals surface area contributed by atoms with Crippen molar-refractivity contribution in [1.82, 2.24) is 0 Å². The molecule has 1 aliphatic rings. The molecule has 0 N–H and O–H groups in total. The van der Waals surface area contributed by atoms with Crippen LogP contribution < -0.4 is 4.90 Å². The van der Waals surface area contributed by atoms with Gasteiger partial charge in [-0.15, -0.1) is 0 Å². The van der Waals surface area contributed by atoms with Crippen molar-refractivity contribution in [3.63, 3.8) is 0 Å². The number of anilines is 1. The fourth-order valence-electron chi connectivity index (χ4n) is 2.50. The third-order valence-corrected chi connectivity index (χ3v) is 3.78. The van der Waals surface area contributed by atoms with Crippen LogP contribution in [0.2, 0.25) is 5.02 Å². The number of fused-ring (bicyclic) bond motifs is 1. The van der Waals surface area contributed by atoms with Gasteiger partial charge in [0.15, 0.2) is 0 Å². The minimum atomic E-state index is -0.501. The molecule has 2 aromatic rings. The molecule has 0 spiro atoms. The SMILES string of the molecule is CC(c1ccccc1)N1C(=O)C(=O)c2cc(Cl)ccc21. The number of carbonyl (C=O) groups excluding carboxylic acids is 2. The number of benzene rings is 2. The van der Waals surface area contributed by atoms with Gasteiger partial charge in [0, 0.05) is 5.02 Å². The number of Topliss-reactive ketones (excluding diaryl/α,β-unsaturated/α-hetero) is 1. The molecule has 0 radical (unpaired) electrons. The molecule has 0 bridgehead atoms. The first kappa shape index (κ1) is 12.9. The van der Waals surface area contributed by atoms with Gasteiger partial charge in [-0.25, -0.2) is 0 Å². The van der Waals surface area contributed by atoms with E-state index in [2.05, 4.69) is 0 Å². The minimum Gasteiger partial charge on any atom is -0.298 e. The maximum atomic E-state index is 12.2. The van der Waals surface area contributed by atoms with Crippen molar-refractivity contribution in [3.05, 3.63) is 64.7 Å². The van der Waals surface area contributed by atoms with E-state index in [-0.39, 0.29) is 6.04 Å². The lowest BCUT2D eigenvalue weighted by Crippen LogP contribution is -2.32. The van der Waals surface area contributed by atoms with Gasteiger partial charge in [-0.2, -0.15) is 0 Å². The van der Waals surface area contributed by atoms with Crippen LogP contribution in [0, 0.1) is 0 Å². The molecule has 100 valence electrons. The Bertz CT molecular complexity index is 697. The monoisotopic (exact) mass is 285 g/mol. The topological polar surface area (TPSA) is 37.4 Å². The highest BCUT2D eigenvalue weighted by Crippen LogP contribution is 2.36. The fourth-order valence-corrected chi connectivity index (χ4v) is 2.67. The van der Waals surface area contributed by atoms with Crippen LogP contribution in [0.3, 0.4) is 0 Å². The van der Waals surface area contributed by atoms with Crippen molar-refractivity contribution in [2.45, 2.75) is 13.0 Å². The van der Waals surface area contributed by atoms with E-state index in [1.54, 1.807) is 18.2 Å². The van der Waals surface area contributed by atoms with Gasteiger partial charge >= 0.3 is 0 Å². The second-order valence-corrected chi connectivity index (χ2v) is 5.19. The Morgan fingerprint density at radius 3 is 2.45 bits per heavy atom. The molecular weight excluding hydrogens is 274 g/mol. The Morgan fingerprint density at radius 2 is 1.75 bits per heavy atom. The van der Waals surface area contributed by atoms with Crippen LogP contribution in [-0.4, -0.2) is 11.7 Å². The third kappa shape index (κ3) is 1.91. The quantitative estimate of drug-likeness (QED) is 0.790. The van der Waals surface area contributed by atoms with Gasteiger partial charge in [-0.1, -0.05) is 41.9 Å². The first-order valence-corrected chi connectivity index (χ1v) is 6.70. The Labute approximate surface area is 121 Å².